The van der Waals surface area contributed by atoms with E-state index in [4.69, 9.17) is 0 Å². The van der Waals surface area contributed by atoms with Gasteiger partial charge in [0.2, 0.25) is 0 Å². The van der Waals surface area contributed by atoms with Crippen molar-refractivity contribution in [1.29, 1.82) is 0 Å². The van der Waals surface area contributed by atoms with Crippen LogP contribution in [0.2, 0.25) is 0 Å². The molecule has 1 aromatic carbocycles. The zero-order chi connectivity index (χ0) is 26.4. The number of anilines is 1. The van der Waals surface area contributed by atoms with Gasteiger partial charge in [-0.1, -0.05) is 11.3 Å². The molecule has 0 spiro atoms. The number of nitrogens with zero attached hydrogens (tertiary/aromatic N) is 7. The molecule has 0 bridgehead atoms. The van der Waals surface area contributed by atoms with Crippen molar-refractivity contribution in [2.24, 2.45) is 0 Å². The lowest BCUT2D eigenvalue weighted by atomic mass is 10.0. The fourth-order valence-corrected chi connectivity index (χ4v) is 5.25. The molecule has 196 valence electrons. The second-order valence-corrected chi connectivity index (χ2v) is 9.99. The smallest absolute Gasteiger partial charge is 0.257 e. The van der Waals surface area contributed by atoms with Crippen LogP contribution in [0.5, 0.6) is 0 Å². The lowest BCUT2D eigenvalue weighted by Crippen LogP contribution is -2.35. The van der Waals surface area contributed by atoms with Crippen molar-refractivity contribution >= 4 is 22.8 Å². The highest BCUT2D eigenvalue weighted by Crippen LogP contribution is 2.31. The van der Waals surface area contributed by atoms with Crippen LogP contribution in [0.15, 0.2) is 42.7 Å². The summed E-state index contributed by atoms with van der Waals surface area (Å²) in [5.41, 5.74) is 2.16. The van der Waals surface area contributed by atoms with Crippen LogP contribution in [0.4, 0.5) is 14.6 Å². The summed E-state index contributed by atoms with van der Waals surface area (Å²) in [5.74, 6) is -2.05. The van der Waals surface area contributed by atoms with E-state index in [-0.39, 0.29) is 29.4 Å². The number of β-amino-alcohol motifs (C(OH)–C–C–N with tert-alkyl or cyclic N) is 1. The Hall–Kier alpha value is -3.99. The van der Waals surface area contributed by atoms with Gasteiger partial charge in [0, 0.05) is 37.9 Å². The number of carbonyl (C=O) groups excluding carboxylic acids is 1. The van der Waals surface area contributed by atoms with Gasteiger partial charge in [-0.3, -0.25) is 9.78 Å². The number of aromatic nitrogens is 5. The number of hydrogen-bond donors (Lipinski definition) is 1. The van der Waals surface area contributed by atoms with Crippen molar-refractivity contribution in [3.8, 4) is 11.3 Å². The molecule has 1 atom stereocenters. The van der Waals surface area contributed by atoms with Gasteiger partial charge in [-0.2, -0.15) is 0 Å². The molecule has 38 heavy (non-hydrogen) atoms. The summed E-state index contributed by atoms with van der Waals surface area (Å²) in [4.78, 5) is 25.1. The molecule has 3 aromatic heterocycles. The largest absolute Gasteiger partial charge is 0.391 e. The number of piperidine rings is 1. The van der Waals surface area contributed by atoms with E-state index in [2.05, 4.69) is 31.2 Å². The van der Waals surface area contributed by atoms with E-state index in [0.29, 0.717) is 18.5 Å². The molecule has 0 aliphatic carbocycles. The maximum absolute atomic E-state index is 15.1. The number of likely N-dealkylation sites (tertiary alicyclic amines) is 1. The SMILES string of the molecule is Cc1ccc(N2CCC(n3nnc4cc(-c5ccc(C(=O)N6CC[C@@H](O)C6)c(F)c5F)ncc43)CC2)nc1. The van der Waals surface area contributed by atoms with E-state index < -0.39 is 23.6 Å². The lowest BCUT2D eigenvalue weighted by Gasteiger charge is -2.32. The second kappa shape index (κ2) is 9.71. The van der Waals surface area contributed by atoms with Gasteiger partial charge < -0.3 is 14.9 Å². The average Bonchev–Trinajstić information content (AvgIpc) is 3.56. The highest BCUT2D eigenvalue weighted by molar-refractivity contribution is 5.95. The van der Waals surface area contributed by atoms with Gasteiger partial charge in [0.25, 0.3) is 5.91 Å². The predicted octanol–water partition coefficient (Wildman–Crippen LogP) is 3.52. The molecule has 2 aliphatic rings. The Morgan fingerprint density at radius 2 is 1.82 bits per heavy atom. The summed E-state index contributed by atoms with van der Waals surface area (Å²) in [7, 11) is 0. The van der Waals surface area contributed by atoms with Crippen molar-refractivity contribution in [3.05, 3.63) is 65.5 Å². The molecule has 9 nitrogen and oxygen atoms in total. The van der Waals surface area contributed by atoms with Crippen molar-refractivity contribution in [2.45, 2.75) is 38.3 Å². The number of hydrogen-bond acceptors (Lipinski definition) is 7. The molecule has 6 rings (SSSR count). The molecular formula is C27H27F2N7O2. The number of aliphatic hydroxyl groups excluding tert-OH is 1. The van der Waals surface area contributed by atoms with Crippen LogP contribution < -0.4 is 4.90 Å². The van der Waals surface area contributed by atoms with Crippen LogP contribution >= 0.6 is 0 Å². The van der Waals surface area contributed by atoms with E-state index in [1.54, 1.807) is 12.3 Å². The van der Waals surface area contributed by atoms with Crippen LogP contribution in [-0.4, -0.2) is 73.2 Å². The van der Waals surface area contributed by atoms with Crippen molar-refractivity contribution < 1.29 is 18.7 Å². The van der Waals surface area contributed by atoms with Gasteiger partial charge in [-0.15, -0.1) is 5.10 Å². The van der Waals surface area contributed by atoms with Gasteiger partial charge in [0.05, 0.1) is 29.6 Å². The monoisotopic (exact) mass is 519 g/mol. The van der Waals surface area contributed by atoms with Gasteiger partial charge in [0.15, 0.2) is 11.6 Å². The maximum atomic E-state index is 15.1. The van der Waals surface area contributed by atoms with Gasteiger partial charge >= 0.3 is 0 Å². The summed E-state index contributed by atoms with van der Waals surface area (Å²) in [6.07, 6.45) is 4.95. The van der Waals surface area contributed by atoms with E-state index in [1.165, 1.54) is 17.0 Å². The molecule has 0 radical (unpaired) electrons. The van der Waals surface area contributed by atoms with E-state index in [1.807, 2.05) is 23.9 Å². The maximum Gasteiger partial charge on any atom is 0.257 e. The van der Waals surface area contributed by atoms with Crippen LogP contribution in [0.3, 0.4) is 0 Å². The highest BCUT2D eigenvalue weighted by atomic mass is 19.2. The molecule has 4 aromatic rings. The molecule has 2 fully saturated rings. The summed E-state index contributed by atoms with van der Waals surface area (Å²) < 4.78 is 31.9. The number of aryl methyl sites for hydroxylation is 1. The van der Waals surface area contributed by atoms with Gasteiger partial charge in [-0.25, -0.2) is 18.4 Å². The second-order valence-electron chi connectivity index (χ2n) is 9.99. The highest BCUT2D eigenvalue weighted by Gasteiger charge is 2.29. The van der Waals surface area contributed by atoms with Crippen LogP contribution in [0, 0.1) is 18.6 Å². The number of amides is 1. The zero-order valence-electron chi connectivity index (χ0n) is 20.9. The average molecular weight is 520 g/mol. The van der Waals surface area contributed by atoms with Crippen molar-refractivity contribution in [2.75, 3.05) is 31.1 Å². The standard InChI is InChI=1S/C27H27F2N7O2/c1-16-2-5-24(31-13-16)34-9-6-17(7-10-34)36-23-14-30-21(12-22(23)32-33-36)19-3-4-20(26(29)25(19)28)27(38)35-11-8-18(37)15-35/h2-5,12-14,17-18,37H,6-11,15H2,1H3/t18-/m1/s1. The molecule has 0 unspecified atom stereocenters. The predicted molar refractivity (Wildman–Crippen MR) is 137 cm³/mol. The normalized spacial score (nSPS) is 18.5. The summed E-state index contributed by atoms with van der Waals surface area (Å²) in [6, 6.07) is 8.43. The van der Waals surface area contributed by atoms with E-state index in [0.717, 1.165) is 42.8 Å². The van der Waals surface area contributed by atoms with Gasteiger partial charge in [-0.05, 0) is 56.0 Å². The molecule has 1 N–H and O–H groups in total. The molecule has 0 saturated carbocycles. The molecule has 11 heteroatoms. The lowest BCUT2D eigenvalue weighted by molar-refractivity contribution is 0.0759. The Morgan fingerprint density at radius 3 is 2.53 bits per heavy atom. The van der Waals surface area contributed by atoms with Crippen LogP contribution in [0.25, 0.3) is 22.3 Å². The van der Waals surface area contributed by atoms with Crippen molar-refractivity contribution in [1.82, 2.24) is 29.9 Å². The third-order valence-electron chi connectivity index (χ3n) is 7.43. The quantitative estimate of drug-likeness (QED) is 0.440. The zero-order valence-corrected chi connectivity index (χ0v) is 20.9. The first kappa shape index (κ1) is 24.4. The minimum atomic E-state index is -1.23. The Balaban J connectivity index is 1.21. The Morgan fingerprint density at radius 1 is 1.00 bits per heavy atom. The van der Waals surface area contributed by atoms with Crippen molar-refractivity contribution in [3.63, 3.8) is 0 Å². The summed E-state index contributed by atoms with van der Waals surface area (Å²) in [6.45, 7) is 4.09. The number of carbonyl (C=O) groups is 1. The van der Waals surface area contributed by atoms with E-state index >= 15 is 4.39 Å². The number of pyridine rings is 2. The minimum Gasteiger partial charge on any atom is -0.391 e. The van der Waals surface area contributed by atoms with E-state index in [9.17, 15) is 14.3 Å². The topological polar surface area (TPSA) is 100 Å². The molecule has 2 saturated heterocycles. The Bertz CT molecular complexity index is 1500. The number of benzene rings is 1. The first-order valence-corrected chi connectivity index (χ1v) is 12.7. The number of halogens is 2. The molecule has 1 amide bonds. The number of fused-ring (bicyclic) bond motifs is 1. The van der Waals surface area contributed by atoms with Crippen LogP contribution in [0.1, 0.15) is 41.2 Å². The molecule has 2 aliphatic heterocycles. The fourth-order valence-electron chi connectivity index (χ4n) is 5.25. The summed E-state index contributed by atoms with van der Waals surface area (Å²) in [5, 5.41) is 18.3. The summed E-state index contributed by atoms with van der Waals surface area (Å²) >= 11 is 0. The molecule has 5 heterocycles. The number of aliphatic hydroxyl groups is 1. The Labute approximate surface area is 217 Å². The number of rotatable bonds is 4. The first-order chi connectivity index (χ1) is 18.4. The van der Waals surface area contributed by atoms with Gasteiger partial charge in [0.1, 0.15) is 16.9 Å². The minimum absolute atomic E-state index is 0.0594. The van der Waals surface area contributed by atoms with Crippen LogP contribution in [-0.2, 0) is 0 Å². The third-order valence-corrected chi connectivity index (χ3v) is 7.43. The fraction of sp³-hybridized carbons (Fsp3) is 0.370. The third kappa shape index (κ3) is 4.36. The Kier molecular flexibility index (Phi) is 6.22. The molecular weight excluding hydrogens is 492 g/mol. The first-order valence-electron chi connectivity index (χ1n) is 12.7.